The molecule has 0 bridgehead atoms. The number of aliphatic hydroxyl groups excluding tert-OH is 1. The predicted molar refractivity (Wildman–Crippen MR) is 62.2 cm³/mol. The standard InChI is InChI=1S/C11H14N2OS/c1-9(5-8-14)15-11-4-2-3-10-12-6-7-13(10)11/h2-4,6-7,9,14H,5,8H2,1H3. The van der Waals surface area contributed by atoms with Gasteiger partial charge in [0.1, 0.15) is 5.65 Å². The van der Waals surface area contributed by atoms with E-state index < -0.39 is 0 Å². The zero-order chi connectivity index (χ0) is 10.7. The van der Waals surface area contributed by atoms with Crippen molar-refractivity contribution in [2.75, 3.05) is 6.61 Å². The fraction of sp³-hybridized carbons (Fsp3) is 0.364. The minimum atomic E-state index is 0.244. The third kappa shape index (κ3) is 2.33. The molecule has 4 heteroatoms. The van der Waals surface area contributed by atoms with Crippen LogP contribution < -0.4 is 0 Å². The summed E-state index contributed by atoms with van der Waals surface area (Å²) >= 11 is 1.77. The molecule has 1 atom stereocenters. The Labute approximate surface area is 93.1 Å². The average Bonchev–Trinajstić information content (AvgIpc) is 2.67. The van der Waals surface area contributed by atoms with Crippen LogP contribution in [-0.2, 0) is 0 Å². The lowest BCUT2D eigenvalue weighted by Gasteiger charge is -2.10. The summed E-state index contributed by atoms with van der Waals surface area (Å²) in [5.74, 6) is 0. The van der Waals surface area contributed by atoms with Gasteiger partial charge in [0.15, 0.2) is 0 Å². The maximum absolute atomic E-state index is 8.86. The largest absolute Gasteiger partial charge is 0.396 e. The fourth-order valence-electron chi connectivity index (χ4n) is 1.46. The Morgan fingerprint density at radius 3 is 3.20 bits per heavy atom. The van der Waals surface area contributed by atoms with Gasteiger partial charge in [-0.25, -0.2) is 4.98 Å². The lowest BCUT2D eigenvalue weighted by molar-refractivity contribution is 0.289. The molecule has 0 aliphatic rings. The Bertz CT molecular complexity index is 441. The molecule has 2 aromatic heterocycles. The number of hydrogen-bond acceptors (Lipinski definition) is 3. The lowest BCUT2D eigenvalue weighted by atomic mass is 10.3. The van der Waals surface area contributed by atoms with Gasteiger partial charge in [0.05, 0.1) is 5.03 Å². The monoisotopic (exact) mass is 222 g/mol. The number of fused-ring (bicyclic) bond motifs is 1. The molecule has 0 saturated heterocycles. The molecule has 0 radical (unpaired) electrons. The fourth-order valence-corrected chi connectivity index (χ4v) is 2.52. The van der Waals surface area contributed by atoms with Gasteiger partial charge in [-0.15, -0.1) is 11.8 Å². The van der Waals surface area contributed by atoms with Gasteiger partial charge in [-0.05, 0) is 18.6 Å². The molecule has 2 heterocycles. The first kappa shape index (κ1) is 10.5. The van der Waals surface area contributed by atoms with Gasteiger partial charge < -0.3 is 5.11 Å². The van der Waals surface area contributed by atoms with Crippen molar-refractivity contribution in [2.24, 2.45) is 0 Å². The highest BCUT2D eigenvalue weighted by Gasteiger charge is 2.06. The second-order valence-corrected chi connectivity index (χ2v) is 4.92. The molecular formula is C11H14N2OS. The van der Waals surface area contributed by atoms with E-state index in [1.54, 1.807) is 18.0 Å². The van der Waals surface area contributed by atoms with Crippen molar-refractivity contribution >= 4 is 17.4 Å². The van der Waals surface area contributed by atoms with E-state index in [0.29, 0.717) is 5.25 Å². The molecule has 0 aliphatic heterocycles. The van der Waals surface area contributed by atoms with E-state index >= 15 is 0 Å². The second-order valence-electron chi connectivity index (χ2n) is 3.46. The summed E-state index contributed by atoms with van der Waals surface area (Å²) in [5, 5.41) is 10.4. The molecule has 15 heavy (non-hydrogen) atoms. The van der Waals surface area contributed by atoms with Crippen LogP contribution in [0.5, 0.6) is 0 Å². The molecule has 2 aromatic rings. The Balaban J connectivity index is 2.23. The third-order valence-corrected chi connectivity index (χ3v) is 3.46. The number of rotatable bonds is 4. The molecule has 0 spiro atoms. The van der Waals surface area contributed by atoms with Crippen molar-refractivity contribution in [3.63, 3.8) is 0 Å². The van der Waals surface area contributed by atoms with E-state index in [0.717, 1.165) is 12.1 Å². The van der Waals surface area contributed by atoms with Gasteiger partial charge in [0.25, 0.3) is 0 Å². The van der Waals surface area contributed by atoms with Crippen LogP contribution >= 0.6 is 11.8 Å². The number of imidazole rings is 1. The maximum Gasteiger partial charge on any atom is 0.137 e. The molecule has 1 N–H and O–H groups in total. The van der Waals surface area contributed by atoms with Crippen molar-refractivity contribution in [1.82, 2.24) is 9.38 Å². The van der Waals surface area contributed by atoms with E-state index in [4.69, 9.17) is 5.11 Å². The van der Waals surface area contributed by atoms with Crippen LogP contribution in [0.1, 0.15) is 13.3 Å². The molecule has 2 rings (SSSR count). The molecule has 3 nitrogen and oxygen atoms in total. The molecule has 0 fully saturated rings. The zero-order valence-electron chi connectivity index (χ0n) is 8.63. The smallest absolute Gasteiger partial charge is 0.137 e. The summed E-state index contributed by atoms with van der Waals surface area (Å²) in [6.45, 7) is 2.37. The van der Waals surface area contributed by atoms with Crippen LogP contribution in [0.25, 0.3) is 5.65 Å². The van der Waals surface area contributed by atoms with Crippen molar-refractivity contribution < 1.29 is 5.11 Å². The lowest BCUT2D eigenvalue weighted by Crippen LogP contribution is -2.01. The number of pyridine rings is 1. The minimum Gasteiger partial charge on any atom is -0.396 e. The molecule has 80 valence electrons. The van der Waals surface area contributed by atoms with E-state index in [1.807, 2.05) is 18.3 Å². The van der Waals surface area contributed by atoms with Crippen LogP contribution in [0.15, 0.2) is 35.6 Å². The van der Waals surface area contributed by atoms with Gasteiger partial charge in [0.2, 0.25) is 0 Å². The number of hydrogen-bond donors (Lipinski definition) is 1. The van der Waals surface area contributed by atoms with Crippen LogP contribution in [-0.4, -0.2) is 26.3 Å². The molecular weight excluding hydrogens is 208 g/mol. The van der Waals surface area contributed by atoms with Gasteiger partial charge in [0, 0.05) is 24.3 Å². The van der Waals surface area contributed by atoms with Crippen LogP contribution in [0, 0.1) is 0 Å². The van der Waals surface area contributed by atoms with Crippen molar-refractivity contribution in [3.05, 3.63) is 30.6 Å². The summed E-state index contributed by atoms with van der Waals surface area (Å²) in [5.41, 5.74) is 0.969. The van der Waals surface area contributed by atoms with E-state index in [-0.39, 0.29) is 6.61 Å². The summed E-state index contributed by atoms with van der Waals surface area (Å²) in [7, 11) is 0. The Hall–Kier alpha value is -1.00. The van der Waals surface area contributed by atoms with Gasteiger partial charge in [-0.2, -0.15) is 0 Å². The molecule has 1 unspecified atom stereocenters. The van der Waals surface area contributed by atoms with Crippen molar-refractivity contribution in [3.8, 4) is 0 Å². The number of nitrogens with zero attached hydrogens (tertiary/aromatic N) is 2. The van der Waals surface area contributed by atoms with Gasteiger partial charge in [-0.1, -0.05) is 13.0 Å². The number of thioether (sulfide) groups is 1. The third-order valence-electron chi connectivity index (χ3n) is 2.25. The molecule has 0 aromatic carbocycles. The average molecular weight is 222 g/mol. The van der Waals surface area contributed by atoms with Gasteiger partial charge >= 0.3 is 0 Å². The summed E-state index contributed by atoms with van der Waals surface area (Å²) in [6.07, 6.45) is 4.58. The Morgan fingerprint density at radius 2 is 2.40 bits per heavy atom. The second kappa shape index (κ2) is 4.68. The quantitative estimate of drug-likeness (QED) is 0.806. The predicted octanol–water partition coefficient (Wildman–Crippen LogP) is 2.20. The number of aromatic nitrogens is 2. The zero-order valence-corrected chi connectivity index (χ0v) is 9.44. The SMILES string of the molecule is CC(CCO)Sc1cccc2nccn12. The first-order chi connectivity index (χ1) is 7.31. The highest BCUT2D eigenvalue weighted by Crippen LogP contribution is 2.25. The molecule has 0 saturated carbocycles. The van der Waals surface area contributed by atoms with E-state index in [1.165, 1.54) is 5.03 Å². The van der Waals surface area contributed by atoms with Crippen molar-refractivity contribution in [2.45, 2.75) is 23.6 Å². The topological polar surface area (TPSA) is 37.5 Å². The number of aliphatic hydroxyl groups is 1. The minimum absolute atomic E-state index is 0.244. The Morgan fingerprint density at radius 1 is 1.53 bits per heavy atom. The van der Waals surface area contributed by atoms with Crippen LogP contribution in [0.4, 0.5) is 0 Å². The van der Waals surface area contributed by atoms with E-state index in [9.17, 15) is 0 Å². The van der Waals surface area contributed by atoms with E-state index in [2.05, 4.69) is 22.4 Å². The maximum atomic E-state index is 8.86. The van der Waals surface area contributed by atoms with Crippen LogP contribution in [0.3, 0.4) is 0 Å². The molecule has 0 aliphatic carbocycles. The summed E-state index contributed by atoms with van der Waals surface area (Å²) in [6, 6.07) is 6.07. The summed E-state index contributed by atoms with van der Waals surface area (Å²) in [4.78, 5) is 4.23. The first-order valence-corrected chi connectivity index (χ1v) is 5.89. The highest BCUT2D eigenvalue weighted by atomic mass is 32.2. The Kier molecular flexibility index (Phi) is 3.28. The summed E-state index contributed by atoms with van der Waals surface area (Å²) < 4.78 is 2.07. The molecule has 0 amide bonds. The van der Waals surface area contributed by atoms with Crippen molar-refractivity contribution in [1.29, 1.82) is 0 Å². The highest BCUT2D eigenvalue weighted by molar-refractivity contribution is 7.99. The normalized spacial score (nSPS) is 13.2. The van der Waals surface area contributed by atoms with Gasteiger partial charge in [-0.3, -0.25) is 4.40 Å². The first-order valence-electron chi connectivity index (χ1n) is 5.01. The van der Waals surface area contributed by atoms with Crippen LogP contribution in [0.2, 0.25) is 0 Å².